The minimum absolute atomic E-state index is 0.0823. The summed E-state index contributed by atoms with van der Waals surface area (Å²) in [6.45, 7) is 6.41. The minimum atomic E-state index is -0.0823. The Labute approximate surface area is 184 Å². The molecule has 1 heterocycles. The van der Waals surface area contributed by atoms with Crippen LogP contribution in [0.2, 0.25) is 5.02 Å². The van der Waals surface area contributed by atoms with Crippen LogP contribution in [0.25, 0.3) is 5.69 Å². The number of hydrogen-bond donors (Lipinski definition) is 1. The van der Waals surface area contributed by atoms with Gasteiger partial charge >= 0.3 is 0 Å². The number of rotatable bonds is 8. The van der Waals surface area contributed by atoms with E-state index in [0.29, 0.717) is 15.4 Å². The molecule has 5 nitrogen and oxygen atoms in total. The first-order valence-corrected chi connectivity index (χ1v) is 11.6. The topological polar surface area (TPSA) is 59.8 Å². The Balaban J connectivity index is 1.61. The predicted octanol–water partition coefficient (Wildman–Crippen LogP) is 5.85. The van der Waals surface area contributed by atoms with Crippen molar-refractivity contribution in [2.45, 2.75) is 42.5 Å². The van der Waals surface area contributed by atoms with E-state index in [1.807, 2.05) is 53.6 Å². The molecule has 0 aliphatic rings. The van der Waals surface area contributed by atoms with Gasteiger partial charge in [0.1, 0.15) is 6.33 Å². The van der Waals surface area contributed by atoms with Gasteiger partial charge in [0.25, 0.3) is 0 Å². The van der Waals surface area contributed by atoms with Gasteiger partial charge in [-0.2, -0.15) is 0 Å². The van der Waals surface area contributed by atoms with Crippen LogP contribution >= 0.6 is 35.1 Å². The Morgan fingerprint density at radius 1 is 1.28 bits per heavy atom. The highest BCUT2D eigenvalue weighted by Crippen LogP contribution is 2.29. The van der Waals surface area contributed by atoms with Crippen LogP contribution in [0.1, 0.15) is 25.8 Å². The van der Waals surface area contributed by atoms with Crippen molar-refractivity contribution < 1.29 is 4.79 Å². The fourth-order valence-corrected chi connectivity index (χ4v) is 4.54. The molecular formula is C21H23ClN4OS2. The second kappa shape index (κ2) is 10.2. The number of benzene rings is 2. The zero-order chi connectivity index (χ0) is 20.8. The fourth-order valence-electron chi connectivity index (χ4n) is 2.61. The number of anilines is 1. The van der Waals surface area contributed by atoms with E-state index in [2.05, 4.69) is 41.5 Å². The average molecular weight is 447 g/mol. The van der Waals surface area contributed by atoms with Crippen molar-refractivity contribution >= 4 is 46.7 Å². The molecule has 1 N–H and O–H groups in total. The van der Waals surface area contributed by atoms with Crippen molar-refractivity contribution in [1.29, 1.82) is 0 Å². The summed E-state index contributed by atoms with van der Waals surface area (Å²) in [5, 5.41) is 12.9. The van der Waals surface area contributed by atoms with Crippen molar-refractivity contribution in [2.24, 2.45) is 0 Å². The maximum atomic E-state index is 12.5. The van der Waals surface area contributed by atoms with Crippen molar-refractivity contribution in [3.8, 4) is 5.69 Å². The van der Waals surface area contributed by atoms with Gasteiger partial charge in [-0.15, -0.1) is 22.0 Å². The van der Waals surface area contributed by atoms with Crippen LogP contribution in [-0.4, -0.2) is 31.7 Å². The van der Waals surface area contributed by atoms with E-state index < -0.39 is 0 Å². The van der Waals surface area contributed by atoms with E-state index in [1.54, 1.807) is 6.33 Å². The molecule has 152 valence electrons. The number of halogens is 1. The maximum absolute atomic E-state index is 12.5. The van der Waals surface area contributed by atoms with Crippen LogP contribution in [-0.2, 0) is 4.79 Å². The molecule has 0 spiro atoms. The lowest BCUT2D eigenvalue weighted by Crippen LogP contribution is -2.15. The van der Waals surface area contributed by atoms with Crippen LogP contribution < -0.4 is 5.32 Å². The van der Waals surface area contributed by atoms with E-state index in [1.165, 1.54) is 16.7 Å². The first kappa shape index (κ1) is 21.7. The number of hydrogen-bond acceptors (Lipinski definition) is 5. The highest BCUT2D eigenvalue weighted by Gasteiger charge is 2.12. The van der Waals surface area contributed by atoms with Crippen molar-refractivity contribution in [1.82, 2.24) is 14.8 Å². The van der Waals surface area contributed by atoms with E-state index in [0.717, 1.165) is 23.4 Å². The molecule has 0 bridgehead atoms. The highest BCUT2D eigenvalue weighted by molar-refractivity contribution is 8.00. The second-order valence-electron chi connectivity index (χ2n) is 6.61. The Morgan fingerprint density at radius 3 is 2.83 bits per heavy atom. The van der Waals surface area contributed by atoms with Crippen LogP contribution in [0.3, 0.4) is 0 Å². The van der Waals surface area contributed by atoms with Gasteiger partial charge in [0, 0.05) is 20.9 Å². The summed E-state index contributed by atoms with van der Waals surface area (Å²) in [4.78, 5) is 13.7. The minimum Gasteiger partial charge on any atom is -0.325 e. The van der Waals surface area contributed by atoms with Crippen LogP contribution in [0.15, 0.2) is 58.8 Å². The van der Waals surface area contributed by atoms with E-state index in [-0.39, 0.29) is 11.7 Å². The summed E-state index contributed by atoms with van der Waals surface area (Å²) in [5.74, 6) is 0.156. The number of aromatic nitrogens is 3. The Morgan fingerprint density at radius 2 is 2.10 bits per heavy atom. The molecule has 0 saturated carbocycles. The van der Waals surface area contributed by atoms with Gasteiger partial charge in [0.05, 0.1) is 11.4 Å². The number of aryl methyl sites for hydroxylation is 1. The van der Waals surface area contributed by atoms with Crippen molar-refractivity contribution in [3.05, 3.63) is 59.4 Å². The molecule has 0 saturated heterocycles. The molecular weight excluding hydrogens is 424 g/mol. The average Bonchev–Trinajstić information content (AvgIpc) is 3.17. The lowest BCUT2D eigenvalue weighted by molar-refractivity contribution is -0.113. The van der Waals surface area contributed by atoms with Crippen molar-refractivity contribution in [2.75, 3.05) is 11.1 Å². The normalized spacial score (nSPS) is 12.0. The number of carbonyl (C=O) groups excluding carboxylic acids is 1. The molecule has 0 fully saturated rings. The van der Waals surface area contributed by atoms with Crippen LogP contribution in [0, 0.1) is 6.92 Å². The molecule has 3 aromatic rings. The number of nitrogens with zero attached hydrogens (tertiary/aromatic N) is 3. The third kappa shape index (κ3) is 6.01. The highest BCUT2D eigenvalue weighted by atomic mass is 35.5. The van der Waals surface area contributed by atoms with Gasteiger partial charge in [-0.1, -0.05) is 43.3 Å². The van der Waals surface area contributed by atoms with Gasteiger partial charge < -0.3 is 5.32 Å². The Hall–Kier alpha value is -1.96. The van der Waals surface area contributed by atoms with Crippen molar-refractivity contribution in [3.63, 3.8) is 0 Å². The molecule has 1 unspecified atom stereocenters. The molecule has 0 aliphatic heterocycles. The lowest BCUT2D eigenvalue weighted by Gasteiger charge is -2.12. The molecule has 1 aromatic heterocycles. The molecule has 0 radical (unpaired) electrons. The summed E-state index contributed by atoms with van der Waals surface area (Å²) in [5.41, 5.74) is 2.75. The molecule has 3 rings (SSSR count). The fraction of sp³-hybridized carbons (Fsp3) is 0.286. The van der Waals surface area contributed by atoms with E-state index >= 15 is 0 Å². The van der Waals surface area contributed by atoms with Gasteiger partial charge in [-0.25, -0.2) is 0 Å². The SMILES string of the molecule is CCC(C)Sc1ccc(NC(=O)CSc2nncn2-c2cccc(Cl)c2)c(C)c1. The number of amides is 1. The zero-order valence-electron chi connectivity index (χ0n) is 16.6. The summed E-state index contributed by atoms with van der Waals surface area (Å²) in [6.07, 6.45) is 2.74. The Kier molecular flexibility index (Phi) is 7.64. The zero-order valence-corrected chi connectivity index (χ0v) is 18.9. The monoisotopic (exact) mass is 446 g/mol. The largest absolute Gasteiger partial charge is 0.325 e. The van der Waals surface area contributed by atoms with Crippen LogP contribution in [0.4, 0.5) is 5.69 Å². The predicted molar refractivity (Wildman–Crippen MR) is 123 cm³/mol. The van der Waals surface area contributed by atoms with Crippen LogP contribution in [0.5, 0.6) is 0 Å². The molecule has 29 heavy (non-hydrogen) atoms. The van der Waals surface area contributed by atoms with Gasteiger partial charge in [0.2, 0.25) is 5.91 Å². The standard InChI is InChI=1S/C21H23ClN4OS2/c1-4-15(3)29-18-8-9-19(14(2)10-18)24-20(27)12-28-21-25-23-13-26(21)17-7-5-6-16(22)11-17/h5-11,13,15H,4,12H2,1-3H3,(H,24,27). The number of thioether (sulfide) groups is 2. The summed E-state index contributed by atoms with van der Waals surface area (Å²) in [6, 6.07) is 13.6. The number of nitrogens with one attached hydrogen (secondary N) is 1. The van der Waals surface area contributed by atoms with E-state index in [9.17, 15) is 4.79 Å². The third-order valence-corrected chi connectivity index (χ3v) is 6.76. The van der Waals surface area contributed by atoms with Gasteiger partial charge in [0.15, 0.2) is 5.16 Å². The second-order valence-corrected chi connectivity index (χ2v) is 9.50. The molecule has 8 heteroatoms. The first-order chi connectivity index (χ1) is 14.0. The van der Waals surface area contributed by atoms with Gasteiger partial charge in [-0.05, 0) is 55.3 Å². The number of carbonyl (C=O) groups is 1. The maximum Gasteiger partial charge on any atom is 0.234 e. The lowest BCUT2D eigenvalue weighted by atomic mass is 10.2. The summed E-state index contributed by atoms with van der Waals surface area (Å²) in [7, 11) is 0. The first-order valence-electron chi connectivity index (χ1n) is 9.32. The quantitative estimate of drug-likeness (QED) is 0.440. The van der Waals surface area contributed by atoms with E-state index in [4.69, 9.17) is 11.6 Å². The third-order valence-electron chi connectivity index (χ3n) is 4.32. The van der Waals surface area contributed by atoms with Gasteiger partial charge in [-0.3, -0.25) is 9.36 Å². The molecule has 0 aliphatic carbocycles. The molecule has 1 amide bonds. The smallest absolute Gasteiger partial charge is 0.234 e. The Bertz CT molecular complexity index is 992. The molecule has 2 aromatic carbocycles. The molecule has 1 atom stereocenters. The summed E-state index contributed by atoms with van der Waals surface area (Å²) < 4.78 is 1.82. The summed E-state index contributed by atoms with van der Waals surface area (Å²) >= 11 is 9.25.